The number of nitrogens with one attached hydrogen (secondary N) is 1. The summed E-state index contributed by atoms with van der Waals surface area (Å²) in [6.45, 7) is 10.9. The molecule has 0 radical (unpaired) electrons. The second-order valence-corrected chi connectivity index (χ2v) is 16.1. The lowest BCUT2D eigenvalue weighted by Crippen LogP contribution is -2.68. The number of carbonyl (C=O) groups excluding carboxylic acids is 1. The van der Waals surface area contributed by atoms with Crippen LogP contribution in [0.5, 0.6) is 17.2 Å². The summed E-state index contributed by atoms with van der Waals surface area (Å²) in [5.74, 6) is 3.41. The number of anilines is 1. The predicted molar refractivity (Wildman–Crippen MR) is 206 cm³/mol. The average molecular weight is 696 g/mol. The highest BCUT2D eigenvalue weighted by Gasteiger charge is 2.55. The van der Waals surface area contributed by atoms with Gasteiger partial charge in [-0.3, -0.25) is 14.6 Å². The van der Waals surface area contributed by atoms with Gasteiger partial charge in [0.15, 0.2) is 6.29 Å². The molecule has 2 aliphatic heterocycles. The fourth-order valence-corrected chi connectivity index (χ4v) is 9.28. The second-order valence-electron chi connectivity index (χ2n) is 16.1. The number of pyridine rings is 1. The lowest BCUT2D eigenvalue weighted by molar-refractivity contribution is -0.0647. The lowest BCUT2D eigenvalue weighted by Gasteiger charge is -2.63. The van der Waals surface area contributed by atoms with Gasteiger partial charge in [0.05, 0.1) is 18.9 Å². The van der Waals surface area contributed by atoms with Crippen molar-refractivity contribution in [3.63, 3.8) is 0 Å². The number of fused-ring (bicyclic) bond motifs is 1. The van der Waals surface area contributed by atoms with Crippen molar-refractivity contribution < 1.29 is 14.3 Å². The zero-order valence-electron chi connectivity index (χ0n) is 30.6. The van der Waals surface area contributed by atoms with Crippen LogP contribution in [-0.4, -0.2) is 71.9 Å². The van der Waals surface area contributed by atoms with E-state index in [2.05, 4.69) is 87.0 Å². The third-order valence-corrected chi connectivity index (χ3v) is 12.2. The SMILES string of the molecule is COc1cc(CN2CCN(C3CC4(C3)CN(c3ccc(C=O)c(Oc5cnc6[nH]ccc6c5)c3)C4)[C@H](c3ccccc3C(C)C)C2)ccc1C1CC1. The Labute approximate surface area is 306 Å². The summed E-state index contributed by atoms with van der Waals surface area (Å²) in [6.07, 6.45) is 9.44. The van der Waals surface area contributed by atoms with Crippen LogP contribution in [0.4, 0.5) is 5.69 Å². The van der Waals surface area contributed by atoms with E-state index in [1.54, 1.807) is 6.20 Å². The van der Waals surface area contributed by atoms with Gasteiger partial charge < -0.3 is 19.4 Å². The molecule has 2 saturated carbocycles. The smallest absolute Gasteiger partial charge is 0.153 e. The monoisotopic (exact) mass is 695 g/mol. The number of carbonyl (C=O) groups is 1. The van der Waals surface area contributed by atoms with E-state index in [1.165, 1.54) is 47.9 Å². The molecule has 1 spiro atoms. The summed E-state index contributed by atoms with van der Waals surface area (Å²) >= 11 is 0. The van der Waals surface area contributed by atoms with E-state index in [-0.39, 0.29) is 0 Å². The van der Waals surface area contributed by atoms with E-state index in [0.717, 1.165) is 68.0 Å². The Morgan fingerprint density at radius 3 is 2.60 bits per heavy atom. The highest BCUT2D eigenvalue weighted by atomic mass is 16.5. The van der Waals surface area contributed by atoms with Gasteiger partial charge in [0.2, 0.25) is 0 Å². The fourth-order valence-electron chi connectivity index (χ4n) is 9.28. The van der Waals surface area contributed by atoms with E-state index in [4.69, 9.17) is 9.47 Å². The summed E-state index contributed by atoms with van der Waals surface area (Å²) in [7, 11) is 1.81. The van der Waals surface area contributed by atoms with Crippen LogP contribution >= 0.6 is 0 Å². The van der Waals surface area contributed by atoms with Crippen molar-refractivity contribution in [2.45, 2.75) is 70.0 Å². The molecule has 0 bridgehead atoms. The molecule has 1 N–H and O–H groups in total. The number of hydrogen-bond donors (Lipinski definition) is 1. The molecule has 2 aliphatic carbocycles. The lowest BCUT2D eigenvalue weighted by atomic mass is 9.59. The quantitative estimate of drug-likeness (QED) is 0.139. The van der Waals surface area contributed by atoms with E-state index in [9.17, 15) is 4.79 Å². The first kappa shape index (κ1) is 33.2. The Hall–Kier alpha value is -4.66. The second kappa shape index (κ2) is 13.4. The molecular weight excluding hydrogens is 647 g/mol. The van der Waals surface area contributed by atoms with Crippen molar-refractivity contribution in [2.24, 2.45) is 5.41 Å². The molecule has 2 saturated heterocycles. The topological polar surface area (TPSA) is 73.9 Å². The number of aromatic nitrogens is 2. The van der Waals surface area contributed by atoms with Crippen molar-refractivity contribution in [3.05, 3.63) is 113 Å². The van der Waals surface area contributed by atoms with Gasteiger partial charge in [-0.1, -0.05) is 50.2 Å². The minimum atomic E-state index is 0.345. The van der Waals surface area contributed by atoms with Crippen molar-refractivity contribution in [2.75, 3.05) is 44.7 Å². The van der Waals surface area contributed by atoms with Crippen LogP contribution in [0.1, 0.15) is 90.0 Å². The summed E-state index contributed by atoms with van der Waals surface area (Å²) in [5.41, 5.74) is 8.49. The number of methoxy groups -OCH3 is 1. The molecule has 8 nitrogen and oxygen atoms in total. The summed E-state index contributed by atoms with van der Waals surface area (Å²) in [5, 5.41) is 0.973. The van der Waals surface area contributed by atoms with Crippen molar-refractivity contribution in [3.8, 4) is 17.2 Å². The predicted octanol–water partition coefficient (Wildman–Crippen LogP) is 8.71. The van der Waals surface area contributed by atoms with E-state index < -0.39 is 0 Å². The number of piperazine rings is 1. The first-order chi connectivity index (χ1) is 25.4. The van der Waals surface area contributed by atoms with Gasteiger partial charge in [0.1, 0.15) is 22.9 Å². The summed E-state index contributed by atoms with van der Waals surface area (Å²) in [4.78, 5) is 27.5. The van der Waals surface area contributed by atoms with Crippen molar-refractivity contribution >= 4 is 23.0 Å². The molecule has 268 valence electrons. The summed E-state index contributed by atoms with van der Waals surface area (Å²) < 4.78 is 12.1. The van der Waals surface area contributed by atoms with Gasteiger partial charge in [0.25, 0.3) is 0 Å². The van der Waals surface area contributed by atoms with Gasteiger partial charge in [-0.2, -0.15) is 0 Å². The molecule has 1 atom stereocenters. The third kappa shape index (κ3) is 6.26. The first-order valence-corrected chi connectivity index (χ1v) is 19.1. The van der Waals surface area contributed by atoms with Gasteiger partial charge in [-0.15, -0.1) is 0 Å². The zero-order valence-corrected chi connectivity index (χ0v) is 30.6. The van der Waals surface area contributed by atoms with Crippen molar-refractivity contribution in [1.82, 2.24) is 19.8 Å². The Balaban J connectivity index is 0.885. The van der Waals surface area contributed by atoms with E-state index in [0.29, 0.717) is 46.4 Å². The van der Waals surface area contributed by atoms with E-state index >= 15 is 0 Å². The Bertz CT molecular complexity index is 2090. The zero-order chi connectivity index (χ0) is 35.4. The molecule has 52 heavy (non-hydrogen) atoms. The van der Waals surface area contributed by atoms with Gasteiger partial charge in [-0.25, -0.2) is 4.98 Å². The van der Waals surface area contributed by atoms with Gasteiger partial charge in [0, 0.05) is 80.1 Å². The standard InChI is InChI=1S/C44H49N5O3/c1-29(2)37-6-4-5-7-39(37)40-25-47(24-30-8-13-38(31-9-10-31)42(18-30)51-3)16-17-49(40)35-21-44(22-35)27-48(28-44)34-12-11-33(26-50)41(20-34)52-36-19-32-14-15-45-43(32)46-23-36/h4-8,11-15,18-20,23,26,29,31,35,40H,9-10,16-17,21-22,24-25,27-28H2,1-3H3,(H,45,46)/t40-/m0/s1. The molecule has 9 rings (SSSR count). The average Bonchev–Trinajstić information content (AvgIpc) is 3.87. The normalized spacial score (nSPS) is 20.6. The molecule has 8 heteroatoms. The number of benzene rings is 3. The molecule has 0 amide bonds. The summed E-state index contributed by atoms with van der Waals surface area (Å²) in [6, 6.07) is 26.9. The number of aromatic amines is 1. The molecular formula is C44H49N5O3. The molecule has 2 aromatic heterocycles. The number of aldehydes is 1. The van der Waals surface area contributed by atoms with Gasteiger partial charge >= 0.3 is 0 Å². The largest absolute Gasteiger partial charge is 0.496 e. The Morgan fingerprint density at radius 2 is 1.81 bits per heavy atom. The number of rotatable bonds is 11. The van der Waals surface area contributed by atoms with Crippen LogP contribution in [0.25, 0.3) is 11.0 Å². The number of H-pyrrole nitrogens is 1. The maximum Gasteiger partial charge on any atom is 0.153 e. The number of ether oxygens (including phenoxy) is 2. The van der Waals surface area contributed by atoms with Gasteiger partial charge in [-0.05, 0) is 90.1 Å². The molecule has 3 aromatic carbocycles. The first-order valence-electron chi connectivity index (χ1n) is 19.1. The third-order valence-electron chi connectivity index (χ3n) is 12.2. The van der Waals surface area contributed by atoms with Crippen LogP contribution in [0.3, 0.4) is 0 Å². The van der Waals surface area contributed by atoms with Crippen LogP contribution < -0.4 is 14.4 Å². The fraction of sp³-hybridized carbons (Fsp3) is 0.409. The van der Waals surface area contributed by atoms with Crippen LogP contribution in [-0.2, 0) is 6.54 Å². The molecule has 0 unspecified atom stereocenters. The molecule has 4 heterocycles. The molecule has 5 aromatic rings. The molecule has 4 aliphatic rings. The Morgan fingerprint density at radius 1 is 0.962 bits per heavy atom. The minimum Gasteiger partial charge on any atom is -0.496 e. The van der Waals surface area contributed by atoms with Crippen LogP contribution in [0, 0.1) is 5.41 Å². The maximum absolute atomic E-state index is 11.9. The number of hydrogen-bond acceptors (Lipinski definition) is 7. The maximum atomic E-state index is 11.9. The van der Waals surface area contributed by atoms with Crippen molar-refractivity contribution in [1.29, 1.82) is 0 Å². The number of nitrogens with zero attached hydrogens (tertiary/aromatic N) is 4. The minimum absolute atomic E-state index is 0.345. The highest BCUT2D eigenvalue weighted by Crippen LogP contribution is 2.53. The highest BCUT2D eigenvalue weighted by molar-refractivity contribution is 5.82. The van der Waals surface area contributed by atoms with Crippen LogP contribution in [0.15, 0.2) is 85.2 Å². The van der Waals surface area contributed by atoms with Crippen LogP contribution in [0.2, 0.25) is 0 Å². The Kier molecular flexibility index (Phi) is 8.55. The molecule has 4 fully saturated rings. The van der Waals surface area contributed by atoms with E-state index in [1.807, 2.05) is 37.6 Å².